The van der Waals surface area contributed by atoms with E-state index in [2.05, 4.69) is 10.4 Å². The first-order chi connectivity index (χ1) is 8.54. The number of anilines is 2. The largest absolute Gasteiger partial charge is 0.349 e. The zero-order valence-corrected chi connectivity index (χ0v) is 10.4. The molecule has 6 heteroatoms. The number of halogens is 1. The summed E-state index contributed by atoms with van der Waals surface area (Å²) in [6.07, 6.45) is 0. The smallest absolute Gasteiger partial charge is 0.289 e. The van der Waals surface area contributed by atoms with Gasteiger partial charge < -0.3 is 0 Å². The van der Waals surface area contributed by atoms with Crippen molar-refractivity contribution in [2.45, 2.75) is 20.4 Å². The molecule has 1 aromatic heterocycles. The van der Waals surface area contributed by atoms with Gasteiger partial charge in [0.2, 0.25) is 0 Å². The van der Waals surface area contributed by atoms with Crippen LogP contribution in [0.2, 0.25) is 0 Å². The summed E-state index contributed by atoms with van der Waals surface area (Å²) < 4.78 is 15.6. The van der Waals surface area contributed by atoms with Gasteiger partial charge in [-0.3, -0.25) is 15.0 Å². The third kappa shape index (κ3) is 1.20. The zero-order valence-electron chi connectivity index (χ0n) is 10.4. The van der Waals surface area contributed by atoms with E-state index in [1.807, 2.05) is 14.0 Å². The van der Waals surface area contributed by atoms with Crippen LogP contribution in [-0.2, 0) is 6.54 Å². The maximum absolute atomic E-state index is 14.1. The summed E-state index contributed by atoms with van der Waals surface area (Å²) in [6, 6.07) is 1.76. The summed E-state index contributed by atoms with van der Waals surface area (Å²) >= 11 is 0. The molecule has 18 heavy (non-hydrogen) atoms. The van der Waals surface area contributed by atoms with Gasteiger partial charge in [-0.25, -0.2) is 9.18 Å². The Morgan fingerprint density at radius 3 is 2.89 bits per heavy atom. The number of aromatic nitrogens is 2. The predicted molar refractivity (Wildman–Crippen MR) is 68.4 cm³/mol. The fourth-order valence-electron chi connectivity index (χ4n) is 2.38. The van der Waals surface area contributed by atoms with Crippen molar-refractivity contribution in [3.05, 3.63) is 27.9 Å². The molecule has 3 rings (SSSR count). The molecule has 1 aliphatic heterocycles. The molecule has 94 valence electrons. The Balaban J connectivity index is 2.56. The second-order valence-electron chi connectivity index (χ2n) is 4.41. The molecule has 5 nitrogen and oxygen atoms in total. The van der Waals surface area contributed by atoms with Crippen LogP contribution in [0.25, 0.3) is 10.9 Å². The Bertz CT molecular complexity index is 722. The van der Waals surface area contributed by atoms with E-state index < -0.39 is 11.5 Å². The molecule has 0 radical (unpaired) electrons. The van der Waals surface area contributed by atoms with Crippen LogP contribution in [0.4, 0.5) is 15.9 Å². The number of hydrogen-bond donors (Lipinski definition) is 1. The average Bonchev–Trinajstić information content (AvgIpc) is 2.64. The fourth-order valence-corrected chi connectivity index (χ4v) is 2.38. The van der Waals surface area contributed by atoms with Gasteiger partial charge >= 0.3 is 5.69 Å². The number of nitrogens with zero attached hydrogens (tertiary/aromatic N) is 3. The van der Waals surface area contributed by atoms with Crippen molar-refractivity contribution in [2.75, 3.05) is 17.5 Å². The molecule has 0 aliphatic carbocycles. The van der Waals surface area contributed by atoms with E-state index in [-0.39, 0.29) is 5.52 Å². The van der Waals surface area contributed by atoms with Gasteiger partial charge in [0, 0.05) is 13.6 Å². The quantitative estimate of drug-likeness (QED) is 0.833. The third-order valence-corrected chi connectivity index (χ3v) is 3.30. The Kier molecular flexibility index (Phi) is 2.10. The number of benzene rings is 1. The van der Waals surface area contributed by atoms with E-state index in [1.54, 1.807) is 18.0 Å². The molecule has 0 bridgehead atoms. The Labute approximate surface area is 103 Å². The lowest BCUT2D eigenvalue weighted by Gasteiger charge is -2.14. The minimum atomic E-state index is -0.432. The van der Waals surface area contributed by atoms with Crippen molar-refractivity contribution < 1.29 is 4.39 Å². The van der Waals surface area contributed by atoms with Crippen molar-refractivity contribution in [1.82, 2.24) is 9.55 Å². The second-order valence-corrected chi connectivity index (χ2v) is 4.41. The lowest BCUT2D eigenvalue weighted by Crippen LogP contribution is -2.27. The van der Waals surface area contributed by atoms with Gasteiger partial charge in [-0.2, -0.15) is 4.98 Å². The number of hydrazine groups is 1. The van der Waals surface area contributed by atoms with Crippen LogP contribution in [0.5, 0.6) is 0 Å². The standard InChI is InChI=1S/C12H13FN4O/c1-4-17-11-8-7(16(3)15-11)5-6(2)9(13)10(8)14-12(17)18/h5,15H,4H2,1-3H3. The SMILES string of the molecule is CCn1c2c3c(cc(C)c(F)c3nc1=O)N(C)N2. The van der Waals surface area contributed by atoms with Gasteiger partial charge in [0.1, 0.15) is 11.3 Å². The van der Waals surface area contributed by atoms with Crippen LogP contribution in [0, 0.1) is 12.7 Å². The van der Waals surface area contributed by atoms with Crippen LogP contribution in [0.3, 0.4) is 0 Å². The first-order valence-corrected chi connectivity index (χ1v) is 5.78. The maximum atomic E-state index is 14.1. The molecule has 0 spiro atoms. The summed E-state index contributed by atoms with van der Waals surface area (Å²) in [4.78, 5) is 15.7. The van der Waals surface area contributed by atoms with Crippen molar-refractivity contribution in [2.24, 2.45) is 0 Å². The van der Waals surface area contributed by atoms with Crippen LogP contribution in [0.15, 0.2) is 10.9 Å². The van der Waals surface area contributed by atoms with E-state index in [4.69, 9.17) is 0 Å². The lowest BCUT2D eigenvalue weighted by molar-refractivity contribution is 0.624. The summed E-state index contributed by atoms with van der Waals surface area (Å²) in [5, 5.41) is 2.44. The van der Waals surface area contributed by atoms with Crippen molar-refractivity contribution in [1.29, 1.82) is 0 Å². The molecular formula is C12H13FN4O. The van der Waals surface area contributed by atoms with E-state index in [9.17, 15) is 9.18 Å². The highest BCUT2D eigenvalue weighted by atomic mass is 19.1. The molecule has 0 saturated heterocycles. The number of aryl methyl sites for hydroxylation is 1. The van der Waals surface area contributed by atoms with Crippen LogP contribution in [0.1, 0.15) is 12.5 Å². The minimum absolute atomic E-state index is 0.145. The van der Waals surface area contributed by atoms with Crippen LogP contribution >= 0.6 is 0 Å². The maximum Gasteiger partial charge on any atom is 0.349 e. The van der Waals surface area contributed by atoms with E-state index in [0.717, 1.165) is 5.69 Å². The van der Waals surface area contributed by atoms with Crippen LogP contribution in [-0.4, -0.2) is 16.6 Å². The van der Waals surface area contributed by atoms with E-state index in [0.29, 0.717) is 23.3 Å². The predicted octanol–water partition coefficient (Wildman–Crippen LogP) is 1.64. The summed E-state index contributed by atoms with van der Waals surface area (Å²) in [5.74, 6) is 0.191. The highest BCUT2D eigenvalue weighted by molar-refractivity contribution is 6.04. The Morgan fingerprint density at radius 1 is 1.50 bits per heavy atom. The Hall–Kier alpha value is -2.11. The van der Waals surface area contributed by atoms with Gasteiger partial charge in [0.05, 0.1) is 11.1 Å². The first kappa shape index (κ1) is 11.0. The second kappa shape index (κ2) is 3.44. The van der Waals surface area contributed by atoms with Crippen molar-refractivity contribution in [3.8, 4) is 0 Å². The van der Waals surface area contributed by atoms with Crippen molar-refractivity contribution >= 4 is 22.4 Å². The van der Waals surface area contributed by atoms with Crippen LogP contribution < -0.4 is 16.1 Å². The monoisotopic (exact) mass is 248 g/mol. The highest BCUT2D eigenvalue weighted by Gasteiger charge is 2.26. The summed E-state index contributed by atoms with van der Waals surface area (Å²) in [5.41, 5.74) is 4.12. The molecule has 0 saturated carbocycles. The summed E-state index contributed by atoms with van der Waals surface area (Å²) in [7, 11) is 1.83. The summed E-state index contributed by atoms with van der Waals surface area (Å²) in [6.45, 7) is 4.02. The average molecular weight is 248 g/mol. The number of nitrogens with one attached hydrogen (secondary N) is 1. The minimum Gasteiger partial charge on any atom is -0.289 e. The lowest BCUT2D eigenvalue weighted by atomic mass is 10.1. The molecule has 2 aromatic rings. The topological polar surface area (TPSA) is 50.2 Å². The Morgan fingerprint density at radius 2 is 2.22 bits per heavy atom. The number of rotatable bonds is 1. The van der Waals surface area contributed by atoms with Crippen molar-refractivity contribution in [3.63, 3.8) is 0 Å². The highest BCUT2D eigenvalue weighted by Crippen LogP contribution is 2.38. The van der Waals surface area contributed by atoms with E-state index >= 15 is 0 Å². The third-order valence-electron chi connectivity index (χ3n) is 3.30. The molecule has 1 aromatic carbocycles. The van der Waals surface area contributed by atoms with Gasteiger partial charge in [0.15, 0.2) is 5.82 Å². The molecule has 1 N–H and O–H groups in total. The van der Waals surface area contributed by atoms with Gasteiger partial charge in [-0.05, 0) is 25.5 Å². The van der Waals surface area contributed by atoms with Gasteiger partial charge in [-0.15, -0.1) is 0 Å². The van der Waals surface area contributed by atoms with E-state index in [1.165, 1.54) is 4.57 Å². The van der Waals surface area contributed by atoms with Gasteiger partial charge in [0.25, 0.3) is 0 Å². The zero-order chi connectivity index (χ0) is 13.0. The molecule has 0 unspecified atom stereocenters. The molecular weight excluding hydrogens is 235 g/mol. The number of hydrogen-bond acceptors (Lipinski definition) is 4. The fraction of sp³-hybridized carbons (Fsp3) is 0.333. The molecule has 0 atom stereocenters. The molecule has 0 amide bonds. The molecule has 2 heterocycles. The first-order valence-electron chi connectivity index (χ1n) is 5.78. The normalized spacial score (nSPS) is 13.2. The molecule has 0 fully saturated rings. The van der Waals surface area contributed by atoms with Gasteiger partial charge in [-0.1, -0.05) is 0 Å². The molecule has 1 aliphatic rings.